The second kappa shape index (κ2) is 54.2. The first-order chi connectivity index (χ1) is 32.5. The first-order valence-corrected chi connectivity index (χ1v) is 27.6. The van der Waals surface area contributed by atoms with Gasteiger partial charge in [0.05, 0.1) is 0 Å². The monoisotopic (exact) mass is 919 g/mol. The van der Waals surface area contributed by atoms with Crippen molar-refractivity contribution in [3.63, 3.8) is 0 Å². The molecule has 1 atom stereocenters. The molecule has 0 bridgehead atoms. The summed E-state index contributed by atoms with van der Waals surface area (Å²) in [6, 6.07) is 0. The molecule has 0 fully saturated rings. The number of ether oxygens (including phenoxy) is 3. The van der Waals surface area contributed by atoms with Crippen LogP contribution < -0.4 is 0 Å². The van der Waals surface area contributed by atoms with Crippen LogP contribution in [-0.2, 0) is 28.6 Å². The number of esters is 3. The van der Waals surface area contributed by atoms with E-state index in [1.54, 1.807) is 0 Å². The summed E-state index contributed by atoms with van der Waals surface area (Å²) in [5, 5.41) is 0. The SMILES string of the molecule is CC/C=C\C/C=C\C/C=C\C/C=C\C/C=C\C/C=C\C/C=C\CCCCCC(=O)OCC(COC(=O)CCCCCCCCCC)OC(=O)CCCCCCCCCCCCCCCCC. The van der Waals surface area contributed by atoms with Gasteiger partial charge in [0.1, 0.15) is 13.2 Å². The summed E-state index contributed by atoms with van der Waals surface area (Å²) in [7, 11) is 0. The molecule has 0 saturated heterocycles. The van der Waals surface area contributed by atoms with Gasteiger partial charge in [0.15, 0.2) is 6.10 Å². The molecule has 0 heterocycles. The maximum atomic E-state index is 12.8. The van der Waals surface area contributed by atoms with Crippen molar-refractivity contribution in [2.75, 3.05) is 13.2 Å². The molecule has 0 aliphatic carbocycles. The summed E-state index contributed by atoms with van der Waals surface area (Å²) in [5.41, 5.74) is 0. The minimum Gasteiger partial charge on any atom is -0.462 e. The molecule has 0 N–H and O–H groups in total. The van der Waals surface area contributed by atoms with Crippen molar-refractivity contribution in [2.24, 2.45) is 0 Å². The maximum absolute atomic E-state index is 12.8. The Hall–Kier alpha value is -3.41. The van der Waals surface area contributed by atoms with Gasteiger partial charge in [-0.15, -0.1) is 0 Å². The van der Waals surface area contributed by atoms with E-state index in [1.165, 1.54) is 109 Å². The molecule has 1 unspecified atom stereocenters. The maximum Gasteiger partial charge on any atom is 0.306 e. The van der Waals surface area contributed by atoms with Crippen LogP contribution >= 0.6 is 0 Å². The Morgan fingerprint density at radius 3 is 0.924 bits per heavy atom. The van der Waals surface area contributed by atoms with Crippen LogP contribution in [0.1, 0.15) is 258 Å². The number of carbonyl (C=O) groups excluding carboxylic acids is 3. The molecule has 66 heavy (non-hydrogen) atoms. The summed E-state index contributed by atoms with van der Waals surface area (Å²) in [6.45, 7) is 6.48. The molecular formula is C60H102O6. The number of hydrogen-bond acceptors (Lipinski definition) is 6. The molecule has 0 spiro atoms. The van der Waals surface area contributed by atoms with Gasteiger partial charge in [-0.05, 0) is 77.0 Å². The van der Waals surface area contributed by atoms with E-state index in [2.05, 4.69) is 106 Å². The predicted octanol–water partition coefficient (Wildman–Crippen LogP) is 18.4. The fourth-order valence-electron chi connectivity index (χ4n) is 7.54. The lowest BCUT2D eigenvalue weighted by Gasteiger charge is -2.18. The van der Waals surface area contributed by atoms with Gasteiger partial charge in [0.25, 0.3) is 0 Å². The van der Waals surface area contributed by atoms with Crippen LogP contribution in [0.3, 0.4) is 0 Å². The van der Waals surface area contributed by atoms with Crippen molar-refractivity contribution in [2.45, 2.75) is 264 Å². The largest absolute Gasteiger partial charge is 0.462 e. The molecule has 0 saturated carbocycles. The first kappa shape index (κ1) is 62.6. The molecule has 0 amide bonds. The lowest BCUT2D eigenvalue weighted by Crippen LogP contribution is -2.30. The van der Waals surface area contributed by atoms with E-state index >= 15 is 0 Å². The summed E-state index contributed by atoms with van der Waals surface area (Å²) in [6.07, 6.45) is 70.1. The van der Waals surface area contributed by atoms with Crippen molar-refractivity contribution < 1.29 is 28.6 Å². The highest BCUT2D eigenvalue weighted by molar-refractivity contribution is 5.71. The Kier molecular flexibility index (Phi) is 51.4. The van der Waals surface area contributed by atoms with Crippen LogP contribution in [0, 0.1) is 0 Å². The Morgan fingerprint density at radius 1 is 0.318 bits per heavy atom. The third kappa shape index (κ3) is 51.6. The van der Waals surface area contributed by atoms with Crippen molar-refractivity contribution in [3.8, 4) is 0 Å². The molecular weight excluding hydrogens is 817 g/mol. The van der Waals surface area contributed by atoms with Gasteiger partial charge in [-0.2, -0.15) is 0 Å². The Bertz CT molecular complexity index is 1290. The third-order valence-corrected chi connectivity index (χ3v) is 11.7. The highest BCUT2D eigenvalue weighted by Crippen LogP contribution is 2.15. The van der Waals surface area contributed by atoms with Crippen molar-refractivity contribution in [1.82, 2.24) is 0 Å². The minimum absolute atomic E-state index is 0.0847. The Balaban J connectivity index is 4.31. The van der Waals surface area contributed by atoms with E-state index in [1.807, 2.05) is 0 Å². The molecule has 0 aromatic carbocycles. The zero-order chi connectivity index (χ0) is 47.9. The van der Waals surface area contributed by atoms with E-state index in [4.69, 9.17) is 14.2 Å². The average molecular weight is 919 g/mol. The molecule has 6 heteroatoms. The van der Waals surface area contributed by atoms with E-state index in [0.717, 1.165) is 109 Å². The molecule has 0 rings (SSSR count). The zero-order valence-electron chi connectivity index (χ0n) is 43.2. The molecule has 0 aromatic heterocycles. The van der Waals surface area contributed by atoms with Gasteiger partial charge in [0, 0.05) is 19.3 Å². The quantitative estimate of drug-likeness (QED) is 0.0262. The lowest BCUT2D eigenvalue weighted by atomic mass is 10.0. The highest BCUT2D eigenvalue weighted by Gasteiger charge is 2.19. The predicted molar refractivity (Wildman–Crippen MR) is 284 cm³/mol. The standard InChI is InChI=1S/C60H102O6/c1-4-7-10-13-16-19-21-23-25-26-27-28-29-30-31-32-33-34-36-37-39-41-44-47-50-53-59(62)65-56-57(55-64-58(61)52-49-46-43-18-15-12-9-6-3)66-60(63)54-51-48-45-42-40-38-35-24-22-20-17-14-11-8-5-2/h7,10,16,19,23,25,27-28,30-31,33-34,37,39,57H,4-6,8-9,11-15,17-18,20-22,24,26,29,32,35-36,38,40-56H2,1-3H3/b10-7-,19-16-,25-23-,28-27-,31-30-,34-33-,39-37-. The van der Waals surface area contributed by atoms with Crippen LogP contribution in [0.5, 0.6) is 0 Å². The topological polar surface area (TPSA) is 78.9 Å². The van der Waals surface area contributed by atoms with Gasteiger partial charge in [0.2, 0.25) is 0 Å². The Labute approximate surface area is 407 Å². The number of carbonyl (C=O) groups is 3. The smallest absolute Gasteiger partial charge is 0.306 e. The molecule has 0 aliphatic heterocycles. The second-order valence-corrected chi connectivity index (χ2v) is 18.1. The van der Waals surface area contributed by atoms with Crippen LogP contribution in [0.4, 0.5) is 0 Å². The van der Waals surface area contributed by atoms with Crippen LogP contribution in [0.2, 0.25) is 0 Å². The molecule has 0 aromatic rings. The minimum atomic E-state index is -0.786. The number of allylic oxidation sites excluding steroid dienone is 14. The number of rotatable bonds is 49. The van der Waals surface area contributed by atoms with Gasteiger partial charge in [-0.3, -0.25) is 14.4 Å². The van der Waals surface area contributed by atoms with Crippen molar-refractivity contribution in [3.05, 3.63) is 85.1 Å². The molecule has 378 valence electrons. The number of unbranched alkanes of at least 4 members (excludes halogenated alkanes) is 24. The normalized spacial score (nSPS) is 12.7. The average Bonchev–Trinajstić information content (AvgIpc) is 3.31. The van der Waals surface area contributed by atoms with Crippen molar-refractivity contribution >= 4 is 17.9 Å². The summed E-state index contributed by atoms with van der Waals surface area (Å²) in [5.74, 6) is -0.919. The lowest BCUT2D eigenvalue weighted by molar-refractivity contribution is -0.167. The van der Waals surface area contributed by atoms with Gasteiger partial charge >= 0.3 is 17.9 Å². The van der Waals surface area contributed by atoms with Gasteiger partial charge < -0.3 is 14.2 Å². The zero-order valence-corrected chi connectivity index (χ0v) is 43.2. The van der Waals surface area contributed by atoms with Crippen LogP contribution in [0.15, 0.2) is 85.1 Å². The summed E-state index contributed by atoms with van der Waals surface area (Å²) in [4.78, 5) is 37.9. The fraction of sp³-hybridized carbons (Fsp3) is 0.717. The molecule has 6 nitrogen and oxygen atoms in total. The fourth-order valence-corrected chi connectivity index (χ4v) is 7.54. The molecule has 0 aliphatic rings. The number of hydrogen-bond donors (Lipinski definition) is 0. The first-order valence-electron chi connectivity index (χ1n) is 27.6. The van der Waals surface area contributed by atoms with Crippen molar-refractivity contribution in [1.29, 1.82) is 0 Å². The van der Waals surface area contributed by atoms with E-state index in [9.17, 15) is 14.4 Å². The Morgan fingerprint density at radius 2 is 0.591 bits per heavy atom. The summed E-state index contributed by atoms with van der Waals surface area (Å²) < 4.78 is 16.8. The van der Waals surface area contributed by atoms with Gasteiger partial charge in [-0.1, -0.05) is 247 Å². The summed E-state index contributed by atoms with van der Waals surface area (Å²) >= 11 is 0. The molecule has 0 radical (unpaired) electrons. The highest BCUT2D eigenvalue weighted by atomic mass is 16.6. The second-order valence-electron chi connectivity index (χ2n) is 18.1. The van der Waals surface area contributed by atoms with E-state index in [0.29, 0.717) is 19.3 Å². The van der Waals surface area contributed by atoms with Crippen LogP contribution in [-0.4, -0.2) is 37.2 Å². The van der Waals surface area contributed by atoms with Gasteiger partial charge in [-0.25, -0.2) is 0 Å². The van der Waals surface area contributed by atoms with Crippen LogP contribution in [0.25, 0.3) is 0 Å². The van der Waals surface area contributed by atoms with E-state index in [-0.39, 0.29) is 31.1 Å². The van der Waals surface area contributed by atoms with E-state index < -0.39 is 6.10 Å². The third-order valence-electron chi connectivity index (χ3n) is 11.7.